The van der Waals surface area contributed by atoms with Gasteiger partial charge in [0.25, 0.3) is 0 Å². The highest BCUT2D eigenvalue weighted by atomic mass is 16.5. The van der Waals surface area contributed by atoms with E-state index in [0.717, 1.165) is 13.0 Å². The van der Waals surface area contributed by atoms with E-state index in [1.807, 2.05) is 0 Å². The molecule has 0 bridgehead atoms. The minimum atomic E-state index is 0.536. The topological polar surface area (TPSA) is 21.3 Å². The van der Waals surface area contributed by atoms with Crippen molar-refractivity contribution >= 4 is 0 Å². The molecule has 1 aromatic carbocycles. The Bertz CT molecular complexity index is 410. The van der Waals surface area contributed by atoms with Gasteiger partial charge in [-0.2, -0.15) is 0 Å². The number of benzene rings is 1. The van der Waals surface area contributed by atoms with E-state index in [1.165, 1.54) is 48.8 Å². The van der Waals surface area contributed by atoms with Crippen LogP contribution >= 0.6 is 0 Å². The number of nitrogens with one attached hydrogen (secondary N) is 1. The van der Waals surface area contributed by atoms with Crippen LogP contribution in [0.1, 0.15) is 48.8 Å². The largest absolute Gasteiger partial charge is 0.378 e. The molecule has 2 heteroatoms. The van der Waals surface area contributed by atoms with Crippen molar-refractivity contribution in [1.29, 1.82) is 0 Å². The van der Waals surface area contributed by atoms with Crippen molar-refractivity contribution in [2.45, 2.75) is 64.5 Å². The van der Waals surface area contributed by atoms with Crippen LogP contribution in [0.3, 0.4) is 0 Å². The second-order valence-electron chi connectivity index (χ2n) is 6.17. The maximum Gasteiger partial charge on any atom is 0.0576 e. The lowest BCUT2D eigenvalue weighted by molar-refractivity contribution is 0.101. The summed E-state index contributed by atoms with van der Waals surface area (Å²) < 4.78 is 5.70. The number of aryl methyl sites for hydroxylation is 2. The highest BCUT2D eigenvalue weighted by Crippen LogP contribution is 2.19. The lowest BCUT2D eigenvalue weighted by atomic mass is 9.97. The fraction of sp³-hybridized carbons (Fsp3) is 0.667. The summed E-state index contributed by atoms with van der Waals surface area (Å²) in [7, 11) is 2.08. The smallest absolute Gasteiger partial charge is 0.0576 e. The summed E-state index contributed by atoms with van der Waals surface area (Å²) >= 11 is 0. The predicted octanol–water partition coefficient (Wildman–Crippen LogP) is 3.78. The van der Waals surface area contributed by atoms with Gasteiger partial charge in [-0.3, -0.25) is 0 Å². The first-order valence-electron chi connectivity index (χ1n) is 8.04. The van der Waals surface area contributed by atoms with Crippen LogP contribution < -0.4 is 5.32 Å². The summed E-state index contributed by atoms with van der Waals surface area (Å²) in [6.07, 6.45) is 7.91. The van der Waals surface area contributed by atoms with Gasteiger partial charge in [-0.05, 0) is 76.1 Å². The average Bonchev–Trinajstić information content (AvgIpc) is 2.95. The molecule has 1 aromatic rings. The van der Waals surface area contributed by atoms with Crippen molar-refractivity contribution in [1.82, 2.24) is 5.32 Å². The zero-order valence-electron chi connectivity index (χ0n) is 13.2. The molecule has 2 atom stereocenters. The molecule has 0 spiro atoms. The van der Waals surface area contributed by atoms with E-state index in [1.54, 1.807) is 0 Å². The van der Waals surface area contributed by atoms with E-state index in [-0.39, 0.29) is 0 Å². The molecule has 2 rings (SSSR count). The zero-order chi connectivity index (χ0) is 14.4. The third-order valence-corrected chi connectivity index (χ3v) is 4.56. The quantitative estimate of drug-likeness (QED) is 0.817. The molecule has 1 aliphatic rings. The molecule has 1 N–H and O–H groups in total. The molecular formula is C18H29NO. The lowest BCUT2D eigenvalue weighted by Crippen LogP contribution is -2.27. The minimum Gasteiger partial charge on any atom is -0.378 e. The van der Waals surface area contributed by atoms with Crippen molar-refractivity contribution < 1.29 is 4.74 Å². The van der Waals surface area contributed by atoms with Gasteiger partial charge >= 0.3 is 0 Å². The molecule has 2 nitrogen and oxygen atoms in total. The van der Waals surface area contributed by atoms with Crippen molar-refractivity contribution in [2.75, 3.05) is 13.7 Å². The molecule has 0 amide bonds. The first-order chi connectivity index (χ1) is 9.69. The Morgan fingerprint density at radius 1 is 1.30 bits per heavy atom. The fourth-order valence-electron chi connectivity index (χ4n) is 3.03. The van der Waals surface area contributed by atoms with Crippen LogP contribution in [0, 0.1) is 13.8 Å². The normalized spacial score (nSPS) is 20.2. The maximum atomic E-state index is 5.70. The van der Waals surface area contributed by atoms with E-state index >= 15 is 0 Å². The number of ether oxygens (including phenoxy) is 1. The van der Waals surface area contributed by atoms with E-state index in [9.17, 15) is 0 Å². The van der Waals surface area contributed by atoms with Crippen molar-refractivity contribution in [2.24, 2.45) is 0 Å². The Kier molecular flexibility index (Phi) is 6.06. The predicted molar refractivity (Wildman–Crippen MR) is 85.3 cm³/mol. The molecule has 1 fully saturated rings. The van der Waals surface area contributed by atoms with Crippen LogP contribution in [0.5, 0.6) is 0 Å². The van der Waals surface area contributed by atoms with Gasteiger partial charge in [-0.15, -0.1) is 0 Å². The summed E-state index contributed by atoms with van der Waals surface area (Å²) in [6.45, 7) is 5.35. The third-order valence-electron chi connectivity index (χ3n) is 4.56. The number of hydrogen-bond donors (Lipinski definition) is 1. The molecule has 0 aliphatic carbocycles. The lowest BCUT2D eigenvalue weighted by Gasteiger charge is -2.18. The van der Waals surface area contributed by atoms with E-state index in [0.29, 0.717) is 12.1 Å². The SMILES string of the molecule is CNC(CCCC1CCCO1)Cc1ccc(C)c(C)c1. The third kappa shape index (κ3) is 4.60. The molecule has 112 valence electrons. The molecule has 20 heavy (non-hydrogen) atoms. The fourth-order valence-corrected chi connectivity index (χ4v) is 3.03. The summed E-state index contributed by atoms with van der Waals surface area (Å²) in [4.78, 5) is 0. The van der Waals surface area contributed by atoms with Gasteiger partial charge in [0.15, 0.2) is 0 Å². The van der Waals surface area contributed by atoms with Gasteiger partial charge in [-0.25, -0.2) is 0 Å². The summed E-state index contributed by atoms with van der Waals surface area (Å²) in [5.74, 6) is 0. The summed E-state index contributed by atoms with van der Waals surface area (Å²) in [5, 5.41) is 3.47. The van der Waals surface area contributed by atoms with Crippen LogP contribution in [-0.2, 0) is 11.2 Å². The number of likely N-dealkylation sites (N-methyl/N-ethyl adjacent to an activating group) is 1. The van der Waals surface area contributed by atoms with Crippen LogP contribution in [0.25, 0.3) is 0 Å². The van der Waals surface area contributed by atoms with E-state index < -0.39 is 0 Å². The monoisotopic (exact) mass is 275 g/mol. The van der Waals surface area contributed by atoms with Gasteiger partial charge < -0.3 is 10.1 Å². The molecule has 1 saturated heterocycles. The standard InChI is InChI=1S/C18H29NO/c1-14-9-10-16(12-15(14)2)13-17(19-3)6-4-7-18-8-5-11-20-18/h9-10,12,17-19H,4-8,11,13H2,1-3H3. The molecule has 0 radical (unpaired) electrons. The Labute approximate surface area is 123 Å². The van der Waals surface area contributed by atoms with Crippen molar-refractivity contribution in [3.63, 3.8) is 0 Å². The highest BCUT2D eigenvalue weighted by Gasteiger charge is 2.16. The molecular weight excluding hydrogens is 246 g/mol. The first-order valence-corrected chi connectivity index (χ1v) is 8.04. The Hall–Kier alpha value is -0.860. The second kappa shape index (κ2) is 7.80. The van der Waals surface area contributed by atoms with Crippen molar-refractivity contribution in [3.05, 3.63) is 34.9 Å². The molecule has 0 aromatic heterocycles. The molecule has 0 saturated carbocycles. The minimum absolute atomic E-state index is 0.536. The van der Waals surface area contributed by atoms with Crippen LogP contribution in [0.15, 0.2) is 18.2 Å². The van der Waals surface area contributed by atoms with Crippen LogP contribution in [0.4, 0.5) is 0 Å². The first kappa shape index (κ1) is 15.5. The Morgan fingerprint density at radius 2 is 2.15 bits per heavy atom. The van der Waals surface area contributed by atoms with Crippen molar-refractivity contribution in [3.8, 4) is 0 Å². The van der Waals surface area contributed by atoms with Crippen LogP contribution in [-0.4, -0.2) is 25.8 Å². The van der Waals surface area contributed by atoms with Crippen LogP contribution in [0.2, 0.25) is 0 Å². The summed E-state index contributed by atoms with van der Waals surface area (Å²) in [5.41, 5.74) is 4.23. The van der Waals surface area contributed by atoms with E-state index in [4.69, 9.17) is 4.74 Å². The molecule has 1 heterocycles. The maximum absolute atomic E-state index is 5.70. The average molecular weight is 275 g/mol. The summed E-state index contributed by atoms with van der Waals surface area (Å²) in [6, 6.07) is 7.43. The Balaban J connectivity index is 1.77. The Morgan fingerprint density at radius 3 is 2.80 bits per heavy atom. The van der Waals surface area contributed by atoms with Gasteiger partial charge in [0.2, 0.25) is 0 Å². The number of rotatable bonds is 7. The molecule has 1 aliphatic heterocycles. The highest BCUT2D eigenvalue weighted by molar-refractivity contribution is 5.30. The van der Waals surface area contributed by atoms with Gasteiger partial charge in [0.05, 0.1) is 6.10 Å². The second-order valence-corrected chi connectivity index (χ2v) is 6.17. The van der Waals surface area contributed by atoms with Gasteiger partial charge in [0.1, 0.15) is 0 Å². The van der Waals surface area contributed by atoms with E-state index in [2.05, 4.69) is 44.4 Å². The van der Waals surface area contributed by atoms with Gasteiger partial charge in [-0.1, -0.05) is 18.2 Å². The van der Waals surface area contributed by atoms with Gasteiger partial charge in [0, 0.05) is 12.6 Å². The molecule has 2 unspecified atom stereocenters. The number of hydrogen-bond acceptors (Lipinski definition) is 2. The zero-order valence-corrected chi connectivity index (χ0v) is 13.2.